The molecular weight excluding hydrogens is 305 g/mol. The third kappa shape index (κ3) is 2.96. The number of carbonyl (C=O) groups is 1. The van der Waals surface area contributed by atoms with Crippen LogP contribution in [0.5, 0.6) is 0 Å². The predicted molar refractivity (Wildman–Crippen MR) is 57.7 cm³/mol. The van der Waals surface area contributed by atoms with Gasteiger partial charge in [0.2, 0.25) is 5.82 Å². The van der Waals surface area contributed by atoms with Crippen LogP contribution in [-0.4, -0.2) is 46.6 Å². The summed E-state index contributed by atoms with van der Waals surface area (Å²) >= 11 is 0. The molecule has 4 N–H and O–H groups in total. The number of rotatable bonds is 5. The second-order valence-corrected chi connectivity index (χ2v) is 4.15. The molecule has 0 aromatic heterocycles. The summed E-state index contributed by atoms with van der Waals surface area (Å²) in [6.07, 6.45) is 0. The van der Waals surface area contributed by atoms with Crippen molar-refractivity contribution in [1.29, 1.82) is 0 Å². The molecule has 0 aliphatic rings. The number of nitrogens with one attached hydrogen (secondary N) is 1. The highest BCUT2D eigenvalue weighted by molar-refractivity contribution is 5.95. The Hall–Kier alpha value is -1.78. The van der Waals surface area contributed by atoms with E-state index >= 15 is 0 Å². The summed E-state index contributed by atoms with van der Waals surface area (Å²) in [7, 11) is 0. The summed E-state index contributed by atoms with van der Waals surface area (Å²) in [5.74, 6) is -13.6. The van der Waals surface area contributed by atoms with Crippen molar-refractivity contribution in [3.8, 4) is 0 Å². The summed E-state index contributed by atoms with van der Waals surface area (Å²) in [6.45, 7) is -3.12. The molecule has 0 aliphatic heterocycles. The van der Waals surface area contributed by atoms with Gasteiger partial charge in [-0.25, -0.2) is 22.0 Å². The number of amides is 1. The molecule has 0 saturated carbocycles. The standard InChI is InChI=1S/C11H10F5NO4/c12-5-4(6(13)8(15)9(16)7(5)14)10(21)17-11(1-18,2-19)3-20/h18-20H,1-3H2,(H,17,21). The Morgan fingerprint density at radius 3 is 1.48 bits per heavy atom. The largest absolute Gasteiger partial charge is 0.394 e. The van der Waals surface area contributed by atoms with Gasteiger partial charge < -0.3 is 20.6 Å². The zero-order chi connectivity index (χ0) is 16.4. The second kappa shape index (κ2) is 6.33. The Morgan fingerprint density at radius 2 is 1.14 bits per heavy atom. The molecule has 0 spiro atoms. The minimum absolute atomic E-state index is 1.04. The van der Waals surface area contributed by atoms with Crippen molar-refractivity contribution in [1.82, 2.24) is 5.32 Å². The Balaban J connectivity index is 3.32. The maximum atomic E-state index is 13.4. The monoisotopic (exact) mass is 315 g/mol. The maximum absolute atomic E-state index is 13.4. The highest BCUT2D eigenvalue weighted by Gasteiger charge is 2.35. The maximum Gasteiger partial charge on any atom is 0.258 e. The Bertz CT molecular complexity index is 525. The first kappa shape index (κ1) is 17.3. The van der Waals surface area contributed by atoms with Gasteiger partial charge in [0.05, 0.1) is 19.8 Å². The van der Waals surface area contributed by atoms with Gasteiger partial charge in [0.25, 0.3) is 5.91 Å². The van der Waals surface area contributed by atoms with Crippen molar-refractivity contribution in [2.75, 3.05) is 19.8 Å². The number of aliphatic hydroxyl groups excluding tert-OH is 3. The zero-order valence-corrected chi connectivity index (χ0v) is 10.3. The van der Waals surface area contributed by atoms with E-state index in [9.17, 15) is 26.7 Å². The fourth-order valence-electron chi connectivity index (χ4n) is 1.38. The topological polar surface area (TPSA) is 89.8 Å². The van der Waals surface area contributed by atoms with E-state index < -0.39 is 65.9 Å². The lowest BCUT2D eigenvalue weighted by Gasteiger charge is -2.28. The highest BCUT2D eigenvalue weighted by atomic mass is 19.2. The average Bonchev–Trinajstić information content (AvgIpc) is 2.49. The first-order valence-corrected chi connectivity index (χ1v) is 5.41. The fraction of sp³-hybridized carbons (Fsp3) is 0.364. The number of hydrogen-bond donors (Lipinski definition) is 4. The van der Waals surface area contributed by atoms with Crippen molar-refractivity contribution in [2.45, 2.75) is 5.54 Å². The molecule has 0 heterocycles. The van der Waals surface area contributed by atoms with Crippen LogP contribution in [0.15, 0.2) is 0 Å². The number of carbonyl (C=O) groups excluding carboxylic acids is 1. The molecular formula is C11H10F5NO4. The van der Waals surface area contributed by atoms with Crippen LogP contribution in [0.4, 0.5) is 22.0 Å². The molecule has 1 aromatic rings. The minimum atomic E-state index is -2.43. The number of aliphatic hydroxyl groups is 3. The molecule has 5 nitrogen and oxygen atoms in total. The van der Waals surface area contributed by atoms with Crippen LogP contribution in [0.1, 0.15) is 10.4 Å². The summed E-state index contributed by atoms with van der Waals surface area (Å²) in [4.78, 5) is 11.6. The lowest BCUT2D eigenvalue weighted by molar-refractivity contribution is 0.0370. The van der Waals surface area contributed by atoms with E-state index in [1.807, 2.05) is 0 Å². The van der Waals surface area contributed by atoms with Crippen LogP contribution in [0.25, 0.3) is 0 Å². The highest BCUT2D eigenvalue weighted by Crippen LogP contribution is 2.23. The van der Waals surface area contributed by atoms with Crippen molar-refractivity contribution in [2.24, 2.45) is 0 Å². The summed E-state index contributed by atoms with van der Waals surface area (Å²) in [5, 5.41) is 28.4. The Labute approximate surface area is 114 Å². The van der Waals surface area contributed by atoms with Crippen LogP contribution in [0, 0.1) is 29.1 Å². The molecule has 0 aliphatic carbocycles. The van der Waals surface area contributed by atoms with Gasteiger partial charge in [-0.2, -0.15) is 0 Å². The average molecular weight is 315 g/mol. The van der Waals surface area contributed by atoms with Crippen molar-refractivity contribution in [3.05, 3.63) is 34.6 Å². The van der Waals surface area contributed by atoms with Gasteiger partial charge >= 0.3 is 0 Å². The van der Waals surface area contributed by atoms with Crippen molar-refractivity contribution >= 4 is 5.91 Å². The van der Waals surface area contributed by atoms with Gasteiger partial charge in [-0.15, -0.1) is 0 Å². The summed E-state index contributed by atoms with van der Waals surface area (Å²) < 4.78 is 65.5. The van der Waals surface area contributed by atoms with E-state index in [0.717, 1.165) is 0 Å². The molecule has 118 valence electrons. The van der Waals surface area contributed by atoms with E-state index in [4.69, 9.17) is 15.3 Å². The third-order valence-corrected chi connectivity index (χ3v) is 2.72. The molecule has 0 radical (unpaired) electrons. The molecule has 10 heteroatoms. The lowest BCUT2D eigenvalue weighted by atomic mass is 10.0. The zero-order valence-electron chi connectivity index (χ0n) is 10.3. The summed E-state index contributed by atoms with van der Waals surface area (Å²) in [6, 6.07) is 0. The molecule has 0 fully saturated rings. The smallest absolute Gasteiger partial charge is 0.258 e. The van der Waals surface area contributed by atoms with Crippen molar-refractivity contribution in [3.63, 3.8) is 0 Å². The molecule has 1 aromatic carbocycles. The summed E-state index contributed by atoms with van der Waals surface area (Å²) in [5.41, 5.74) is -3.87. The quantitative estimate of drug-likeness (QED) is 0.345. The first-order chi connectivity index (χ1) is 9.74. The van der Waals surface area contributed by atoms with Gasteiger partial charge in [0.1, 0.15) is 11.1 Å². The molecule has 1 rings (SSSR count). The van der Waals surface area contributed by atoms with Gasteiger partial charge in [-0.05, 0) is 0 Å². The van der Waals surface area contributed by atoms with Crippen LogP contribution in [0.2, 0.25) is 0 Å². The molecule has 1 amide bonds. The van der Waals surface area contributed by atoms with Crippen LogP contribution < -0.4 is 5.32 Å². The lowest BCUT2D eigenvalue weighted by Crippen LogP contribution is -2.57. The van der Waals surface area contributed by atoms with Gasteiger partial charge in [0, 0.05) is 0 Å². The number of halogens is 5. The van der Waals surface area contributed by atoms with Gasteiger partial charge in [-0.3, -0.25) is 4.79 Å². The fourth-order valence-corrected chi connectivity index (χ4v) is 1.38. The molecule has 0 unspecified atom stereocenters. The van der Waals surface area contributed by atoms with Crippen LogP contribution in [0.3, 0.4) is 0 Å². The normalized spacial score (nSPS) is 11.6. The Morgan fingerprint density at radius 1 is 0.810 bits per heavy atom. The second-order valence-electron chi connectivity index (χ2n) is 4.15. The number of hydrogen-bond acceptors (Lipinski definition) is 4. The van der Waals surface area contributed by atoms with E-state index in [2.05, 4.69) is 0 Å². The third-order valence-electron chi connectivity index (χ3n) is 2.72. The molecule has 0 bridgehead atoms. The molecule has 21 heavy (non-hydrogen) atoms. The van der Waals surface area contributed by atoms with E-state index in [0.29, 0.717) is 0 Å². The minimum Gasteiger partial charge on any atom is -0.394 e. The van der Waals surface area contributed by atoms with Crippen LogP contribution >= 0.6 is 0 Å². The first-order valence-electron chi connectivity index (χ1n) is 5.41. The van der Waals surface area contributed by atoms with E-state index in [1.165, 1.54) is 0 Å². The number of benzene rings is 1. The Kier molecular flexibility index (Phi) is 5.20. The molecule has 0 atom stereocenters. The van der Waals surface area contributed by atoms with Crippen molar-refractivity contribution < 1.29 is 42.1 Å². The predicted octanol–water partition coefficient (Wildman–Crippen LogP) is -0.172. The van der Waals surface area contributed by atoms with Gasteiger partial charge in [-0.1, -0.05) is 0 Å². The molecule has 0 saturated heterocycles. The van der Waals surface area contributed by atoms with Gasteiger partial charge in [0.15, 0.2) is 23.3 Å². The van der Waals surface area contributed by atoms with E-state index in [1.54, 1.807) is 5.32 Å². The van der Waals surface area contributed by atoms with E-state index in [-0.39, 0.29) is 0 Å². The van der Waals surface area contributed by atoms with Crippen LogP contribution in [-0.2, 0) is 0 Å². The SMILES string of the molecule is O=C(NC(CO)(CO)CO)c1c(F)c(F)c(F)c(F)c1F.